The third-order valence-corrected chi connectivity index (χ3v) is 2.33. The maximum Gasteiger partial charge on any atom is 0.240 e. The Bertz CT molecular complexity index is 498. The van der Waals surface area contributed by atoms with Gasteiger partial charge >= 0.3 is 0 Å². The first-order valence-electron chi connectivity index (χ1n) is 6.64. The van der Waals surface area contributed by atoms with E-state index in [2.05, 4.69) is 16.9 Å². The van der Waals surface area contributed by atoms with Gasteiger partial charge in [0.15, 0.2) is 0 Å². The zero-order valence-corrected chi connectivity index (χ0v) is 12.3. The minimum Gasteiger partial charge on any atom is -0.396 e. The summed E-state index contributed by atoms with van der Waals surface area (Å²) < 4.78 is 5.06. The molecule has 0 aliphatic heterocycles. The fourth-order valence-electron chi connectivity index (χ4n) is 1.30. The number of hydrogen-bond acceptors (Lipinski definition) is 6. The molecule has 0 bridgehead atoms. The Morgan fingerprint density at radius 1 is 1.19 bits per heavy atom. The maximum absolute atomic E-state index is 10.00. The lowest BCUT2D eigenvalue weighted by Gasteiger charge is -1.97. The van der Waals surface area contributed by atoms with E-state index in [-0.39, 0.29) is 6.61 Å². The number of aliphatic hydroxyl groups excluding tert-OH is 1. The van der Waals surface area contributed by atoms with Crippen molar-refractivity contribution < 1.29 is 19.4 Å². The van der Waals surface area contributed by atoms with E-state index in [1.807, 2.05) is 0 Å². The first kappa shape index (κ1) is 18.9. The molecule has 0 heterocycles. The van der Waals surface area contributed by atoms with E-state index in [0.717, 1.165) is 25.0 Å². The van der Waals surface area contributed by atoms with Crippen LogP contribution in [0.5, 0.6) is 0 Å². The molecule has 0 aromatic heterocycles. The van der Waals surface area contributed by atoms with Crippen molar-refractivity contribution in [2.24, 2.45) is 9.98 Å². The minimum absolute atomic E-state index is 0.240. The van der Waals surface area contributed by atoms with Crippen molar-refractivity contribution in [1.82, 2.24) is 0 Å². The molecule has 21 heavy (non-hydrogen) atoms. The Balaban J connectivity index is 0.000000433. The largest absolute Gasteiger partial charge is 0.396 e. The van der Waals surface area contributed by atoms with Crippen molar-refractivity contribution in [2.75, 3.05) is 19.8 Å². The highest BCUT2D eigenvalue weighted by atomic mass is 16.5. The highest BCUT2D eigenvalue weighted by molar-refractivity contribution is 5.61. The van der Waals surface area contributed by atoms with Crippen LogP contribution in [0.4, 0.5) is 11.4 Å². The average Bonchev–Trinajstić information content (AvgIpc) is 2.48. The quantitative estimate of drug-likeness (QED) is 0.475. The molecule has 0 atom stereocenters. The molecule has 1 aromatic carbocycles. The highest BCUT2D eigenvalue weighted by Gasteiger charge is 1.97. The van der Waals surface area contributed by atoms with Gasteiger partial charge in [-0.15, -0.1) is 0 Å². The van der Waals surface area contributed by atoms with Crippen LogP contribution in [0, 0.1) is 6.92 Å². The maximum atomic E-state index is 10.00. The van der Waals surface area contributed by atoms with Gasteiger partial charge in [0.2, 0.25) is 12.2 Å². The van der Waals surface area contributed by atoms with E-state index in [1.165, 1.54) is 18.2 Å². The summed E-state index contributed by atoms with van der Waals surface area (Å²) in [7, 11) is 0. The molecule has 114 valence electrons. The first-order chi connectivity index (χ1) is 10.2. The molecule has 1 N–H and O–H groups in total. The number of benzene rings is 1. The second kappa shape index (κ2) is 12.9. The van der Waals surface area contributed by atoms with Gasteiger partial charge in [-0.1, -0.05) is 13.0 Å². The van der Waals surface area contributed by atoms with E-state index in [9.17, 15) is 9.59 Å². The summed E-state index contributed by atoms with van der Waals surface area (Å²) in [4.78, 5) is 26.8. The van der Waals surface area contributed by atoms with Gasteiger partial charge in [-0.05, 0) is 37.5 Å². The molecule has 0 saturated carbocycles. The van der Waals surface area contributed by atoms with E-state index in [1.54, 1.807) is 19.1 Å². The summed E-state index contributed by atoms with van der Waals surface area (Å²) in [6.45, 7) is 5.62. The van der Waals surface area contributed by atoms with Crippen LogP contribution in [0.2, 0.25) is 0 Å². The number of carbonyl (C=O) groups excluding carboxylic acids is 2. The third kappa shape index (κ3) is 9.44. The van der Waals surface area contributed by atoms with Crippen LogP contribution in [0.1, 0.15) is 25.3 Å². The van der Waals surface area contributed by atoms with Gasteiger partial charge in [0.05, 0.1) is 11.4 Å². The van der Waals surface area contributed by atoms with Gasteiger partial charge < -0.3 is 9.84 Å². The second-order valence-corrected chi connectivity index (χ2v) is 4.07. The van der Waals surface area contributed by atoms with E-state index < -0.39 is 0 Å². The Kier molecular flexibility index (Phi) is 11.6. The first-order valence-corrected chi connectivity index (χ1v) is 6.64. The van der Waals surface area contributed by atoms with Gasteiger partial charge in [0, 0.05) is 19.8 Å². The van der Waals surface area contributed by atoms with Gasteiger partial charge in [-0.2, -0.15) is 9.98 Å². The molecular formula is C15H20N2O4. The van der Waals surface area contributed by atoms with Crippen molar-refractivity contribution in [1.29, 1.82) is 0 Å². The summed E-state index contributed by atoms with van der Waals surface area (Å²) in [5, 5.41) is 8.29. The van der Waals surface area contributed by atoms with Gasteiger partial charge in [-0.3, -0.25) is 0 Å². The van der Waals surface area contributed by atoms with Crippen LogP contribution in [0.3, 0.4) is 0 Å². The molecule has 6 nitrogen and oxygen atoms in total. The predicted molar refractivity (Wildman–Crippen MR) is 79.6 cm³/mol. The van der Waals surface area contributed by atoms with Crippen LogP contribution < -0.4 is 0 Å². The Labute approximate surface area is 124 Å². The fourth-order valence-corrected chi connectivity index (χ4v) is 1.30. The van der Waals surface area contributed by atoms with E-state index >= 15 is 0 Å². The van der Waals surface area contributed by atoms with E-state index in [4.69, 9.17) is 9.84 Å². The summed E-state index contributed by atoms with van der Waals surface area (Å²) in [6, 6.07) is 4.88. The van der Waals surface area contributed by atoms with Crippen LogP contribution in [0.15, 0.2) is 28.2 Å². The molecule has 0 radical (unpaired) electrons. The molecule has 0 unspecified atom stereocenters. The highest BCUT2D eigenvalue weighted by Crippen LogP contribution is 2.23. The van der Waals surface area contributed by atoms with Crippen molar-refractivity contribution >= 4 is 23.5 Å². The van der Waals surface area contributed by atoms with E-state index in [0.29, 0.717) is 18.0 Å². The average molecular weight is 292 g/mol. The van der Waals surface area contributed by atoms with Crippen molar-refractivity contribution in [2.45, 2.75) is 26.7 Å². The molecule has 1 aromatic rings. The molecular weight excluding hydrogens is 272 g/mol. The molecule has 1 rings (SSSR count). The summed E-state index contributed by atoms with van der Waals surface area (Å²) in [5.41, 5.74) is 1.72. The number of aliphatic hydroxyl groups is 1. The van der Waals surface area contributed by atoms with Crippen LogP contribution in [-0.4, -0.2) is 37.1 Å². The Morgan fingerprint density at radius 2 is 1.90 bits per heavy atom. The van der Waals surface area contributed by atoms with Crippen molar-refractivity contribution in [3.05, 3.63) is 23.8 Å². The molecule has 6 heteroatoms. The lowest BCUT2D eigenvalue weighted by Crippen LogP contribution is -1.97. The molecule has 0 saturated heterocycles. The SMILES string of the molecule is CCCOCCCO.Cc1ccc(N=C=O)cc1N=C=O. The van der Waals surface area contributed by atoms with Crippen molar-refractivity contribution in [3.8, 4) is 0 Å². The molecule has 0 spiro atoms. The van der Waals surface area contributed by atoms with Crippen molar-refractivity contribution in [3.63, 3.8) is 0 Å². The number of isocyanates is 2. The number of aryl methyl sites for hydroxylation is 1. The number of nitrogens with zero attached hydrogens (tertiary/aromatic N) is 2. The lowest BCUT2D eigenvalue weighted by atomic mass is 10.2. The zero-order chi connectivity index (χ0) is 15.9. The second-order valence-electron chi connectivity index (χ2n) is 4.07. The monoisotopic (exact) mass is 292 g/mol. The lowest BCUT2D eigenvalue weighted by molar-refractivity contribution is 0.116. The Hall–Kier alpha value is -2.10. The predicted octanol–water partition coefficient (Wildman–Crippen LogP) is 2.73. The molecule has 0 amide bonds. The number of aliphatic imine (C=N–C) groups is 2. The van der Waals surface area contributed by atoms with Gasteiger partial charge in [0.1, 0.15) is 0 Å². The third-order valence-electron chi connectivity index (χ3n) is 2.33. The summed E-state index contributed by atoms with van der Waals surface area (Å²) in [6.07, 6.45) is 4.66. The van der Waals surface area contributed by atoms with Gasteiger partial charge in [-0.25, -0.2) is 9.59 Å². The fraction of sp³-hybridized carbons (Fsp3) is 0.467. The number of rotatable bonds is 7. The minimum atomic E-state index is 0.240. The van der Waals surface area contributed by atoms with Gasteiger partial charge in [0.25, 0.3) is 0 Å². The Morgan fingerprint density at radius 3 is 2.48 bits per heavy atom. The molecule has 0 fully saturated rings. The number of hydrogen-bond donors (Lipinski definition) is 1. The number of ether oxygens (including phenoxy) is 1. The zero-order valence-electron chi connectivity index (χ0n) is 12.3. The summed E-state index contributed by atoms with van der Waals surface area (Å²) in [5.74, 6) is 0. The molecule has 0 aliphatic rings. The standard InChI is InChI=1S/C9H6N2O2.C6H14O2/c1-7-2-3-8(10-5-12)4-9(7)11-6-13;1-2-5-8-6-3-4-7/h2-4H,1H3;7H,2-6H2,1H3. The van der Waals surface area contributed by atoms with Crippen LogP contribution >= 0.6 is 0 Å². The summed E-state index contributed by atoms with van der Waals surface area (Å²) >= 11 is 0. The van der Waals surface area contributed by atoms with Crippen LogP contribution in [0.25, 0.3) is 0 Å². The molecule has 0 aliphatic carbocycles. The normalized spacial score (nSPS) is 8.90. The van der Waals surface area contributed by atoms with Crippen LogP contribution in [-0.2, 0) is 14.3 Å². The smallest absolute Gasteiger partial charge is 0.240 e. The topological polar surface area (TPSA) is 88.3 Å².